The Balaban J connectivity index is 1.50. The molecule has 2 saturated heterocycles. The Bertz CT molecular complexity index is 606. The number of piperidine rings is 1. The van der Waals surface area contributed by atoms with Gasteiger partial charge in [-0.3, -0.25) is 4.79 Å². The molecule has 27 heavy (non-hydrogen) atoms. The summed E-state index contributed by atoms with van der Waals surface area (Å²) in [7, 11) is 0. The average Bonchev–Trinajstić information content (AvgIpc) is 3.20. The maximum atomic E-state index is 12.8. The second kappa shape index (κ2) is 8.74. The molecule has 1 amide bonds. The molecule has 2 aliphatic rings. The molecule has 0 spiro atoms. The molecule has 4 nitrogen and oxygen atoms in total. The van der Waals surface area contributed by atoms with Gasteiger partial charge in [0, 0.05) is 24.7 Å². The molecular weight excluding hydrogens is 336 g/mol. The van der Waals surface area contributed by atoms with E-state index in [1.54, 1.807) is 0 Å². The molecule has 2 heterocycles. The predicted octanol–water partition coefficient (Wildman–Crippen LogP) is 3.73. The normalized spacial score (nSPS) is 20.8. The van der Waals surface area contributed by atoms with E-state index in [9.17, 15) is 9.90 Å². The van der Waals surface area contributed by atoms with Crippen LogP contribution in [0.3, 0.4) is 0 Å². The third-order valence-electron chi connectivity index (χ3n) is 6.45. The van der Waals surface area contributed by atoms with Crippen LogP contribution in [0.25, 0.3) is 0 Å². The molecule has 2 aliphatic heterocycles. The minimum absolute atomic E-state index is 0.163. The molecule has 2 fully saturated rings. The average molecular weight is 373 g/mol. The molecule has 150 valence electrons. The second-order valence-electron chi connectivity index (χ2n) is 9.12. The summed E-state index contributed by atoms with van der Waals surface area (Å²) in [5.41, 5.74) is 1.31. The number of carbonyl (C=O) groups is 1. The number of benzene rings is 1. The largest absolute Gasteiger partial charge is 0.390 e. The van der Waals surface area contributed by atoms with Crippen molar-refractivity contribution in [2.24, 2.45) is 5.92 Å². The Morgan fingerprint density at radius 2 is 1.70 bits per heavy atom. The van der Waals surface area contributed by atoms with Crippen molar-refractivity contribution in [1.29, 1.82) is 0 Å². The Labute approximate surface area is 164 Å². The molecule has 0 bridgehead atoms. The predicted molar refractivity (Wildman–Crippen MR) is 110 cm³/mol. The standard InChI is InChI=1S/C23H36N2O2/c1-18(24-14-4-5-15-24)20-11-16-25(17-12-20)22(26)21-8-6-19(7-9-21)10-13-23(2,3)27/h6-9,18,20,27H,4-5,10-17H2,1-3H3/t18-/m0/s1. The zero-order chi connectivity index (χ0) is 19.4. The van der Waals surface area contributed by atoms with Gasteiger partial charge in [0.05, 0.1) is 5.60 Å². The van der Waals surface area contributed by atoms with E-state index in [0.29, 0.717) is 6.04 Å². The van der Waals surface area contributed by atoms with Crippen molar-refractivity contribution in [1.82, 2.24) is 9.80 Å². The highest BCUT2D eigenvalue weighted by molar-refractivity contribution is 5.94. The van der Waals surface area contributed by atoms with Crippen LogP contribution < -0.4 is 0 Å². The maximum absolute atomic E-state index is 12.8. The summed E-state index contributed by atoms with van der Waals surface area (Å²) in [6.45, 7) is 10.3. The molecular formula is C23H36N2O2. The van der Waals surface area contributed by atoms with Gasteiger partial charge in [-0.2, -0.15) is 0 Å². The minimum atomic E-state index is -0.648. The summed E-state index contributed by atoms with van der Waals surface area (Å²) in [4.78, 5) is 17.5. The highest BCUT2D eigenvalue weighted by Gasteiger charge is 2.30. The first-order chi connectivity index (χ1) is 12.8. The molecule has 1 N–H and O–H groups in total. The van der Waals surface area contributed by atoms with E-state index in [1.807, 2.05) is 43.0 Å². The van der Waals surface area contributed by atoms with Crippen LogP contribution in [0.4, 0.5) is 0 Å². The molecule has 3 rings (SSSR count). The van der Waals surface area contributed by atoms with Crippen molar-refractivity contribution in [2.45, 2.75) is 70.9 Å². The lowest BCUT2D eigenvalue weighted by Crippen LogP contribution is -2.45. The first-order valence-corrected chi connectivity index (χ1v) is 10.7. The fourth-order valence-electron chi connectivity index (χ4n) is 4.48. The number of nitrogens with zero attached hydrogens (tertiary/aromatic N) is 2. The van der Waals surface area contributed by atoms with E-state index in [0.717, 1.165) is 50.3 Å². The minimum Gasteiger partial charge on any atom is -0.390 e. The summed E-state index contributed by atoms with van der Waals surface area (Å²) in [5.74, 6) is 0.882. The van der Waals surface area contributed by atoms with Crippen molar-refractivity contribution in [3.63, 3.8) is 0 Å². The Kier molecular flexibility index (Phi) is 6.59. The van der Waals surface area contributed by atoms with Crippen LogP contribution in [0.5, 0.6) is 0 Å². The van der Waals surface area contributed by atoms with Crippen molar-refractivity contribution < 1.29 is 9.90 Å². The third kappa shape index (κ3) is 5.55. The number of carbonyl (C=O) groups excluding carboxylic acids is 1. The molecule has 1 aromatic rings. The van der Waals surface area contributed by atoms with Crippen LogP contribution >= 0.6 is 0 Å². The van der Waals surface area contributed by atoms with Crippen LogP contribution in [-0.2, 0) is 6.42 Å². The maximum Gasteiger partial charge on any atom is 0.253 e. The number of likely N-dealkylation sites (tertiary alicyclic amines) is 2. The van der Waals surface area contributed by atoms with Crippen molar-refractivity contribution in [2.75, 3.05) is 26.2 Å². The molecule has 1 aromatic carbocycles. The van der Waals surface area contributed by atoms with Crippen LogP contribution in [0, 0.1) is 5.92 Å². The Morgan fingerprint density at radius 1 is 1.11 bits per heavy atom. The lowest BCUT2D eigenvalue weighted by molar-refractivity contribution is 0.0623. The highest BCUT2D eigenvalue weighted by atomic mass is 16.3. The molecule has 0 aliphatic carbocycles. The molecule has 0 unspecified atom stereocenters. The zero-order valence-corrected chi connectivity index (χ0v) is 17.3. The van der Waals surface area contributed by atoms with Gasteiger partial charge in [0.15, 0.2) is 0 Å². The van der Waals surface area contributed by atoms with Gasteiger partial charge in [0.25, 0.3) is 5.91 Å². The highest BCUT2D eigenvalue weighted by Crippen LogP contribution is 2.27. The van der Waals surface area contributed by atoms with E-state index in [2.05, 4.69) is 11.8 Å². The first-order valence-electron chi connectivity index (χ1n) is 10.7. The van der Waals surface area contributed by atoms with E-state index >= 15 is 0 Å². The third-order valence-corrected chi connectivity index (χ3v) is 6.45. The number of aliphatic hydroxyl groups is 1. The summed E-state index contributed by atoms with van der Waals surface area (Å²) in [5, 5.41) is 9.86. The van der Waals surface area contributed by atoms with Gasteiger partial charge >= 0.3 is 0 Å². The van der Waals surface area contributed by atoms with Gasteiger partial charge in [-0.05, 0) is 96.0 Å². The molecule has 1 atom stereocenters. The van der Waals surface area contributed by atoms with E-state index < -0.39 is 5.60 Å². The second-order valence-corrected chi connectivity index (χ2v) is 9.12. The van der Waals surface area contributed by atoms with Crippen molar-refractivity contribution in [3.8, 4) is 0 Å². The number of aryl methyl sites for hydroxylation is 1. The van der Waals surface area contributed by atoms with Crippen LogP contribution in [0.2, 0.25) is 0 Å². The first kappa shape index (κ1) is 20.3. The van der Waals surface area contributed by atoms with Gasteiger partial charge in [0.1, 0.15) is 0 Å². The van der Waals surface area contributed by atoms with E-state index in [1.165, 1.54) is 31.5 Å². The van der Waals surface area contributed by atoms with Crippen molar-refractivity contribution >= 4 is 5.91 Å². The van der Waals surface area contributed by atoms with E-state index in [-0.39, 0.29) is 5.91 Å². The van der Waals surface area contributed by atoms with Crippen LogP contribution in [-0.4, -0.2) is 58.6 Å². The van der Waals surface area contributed by atoms with Gasteiger partial charge < -0.3 is 14.9 Å². The summed E-state index contributed by atoms with van der Waals surface area (Å²) in [6.07, 6.45) is 6.47. The molecule has 0 saturated carbocycles. The summed E-state index contributed by atoms with van der Waals surface area (Å²) >= 11 is 0. The lowest BCUT2D eigenvalue weighted by atomic mass is 9.89. The fraction of sp³-hybridized carbons (Fsp3) is 0.696. The smallest absolute Gasteiger partial charge is 0.253 e. The number of rotatable bonds is 6. The fourth-order valence-corrected chi connectivity index (χ4v) is 4.48. The number of hydrogen-bond acceptors (Lipinski definition) is 3. The molecule has 4 heteroatoms. The monoisotopic (exact) mass is 372 g/mol. The lowest BCUT2D eigenvalue weighted by Gasteiger charge is -2.38. The molecule has 0 aromatic heterocycles. The molecule has 0 radical (unpaired) electrons. The van der Waals surface area contributed by atoms with Crippen molar-refractivity contribution in [3.05, 3.63) is 35.4 Å². The van der Waals surface area contributed by atoms with Gasteiger partial charge in [-0.15, -0.1) is 0 Å². The van der Waals surface area contributed by atoms with Crippen LogP contribution in [0.1, 0.15) is 68.8 Å². The summed E-state index contributed by atoms with van der Waals surface area (Å²) < 4.78 is 0. The van der Waals surface area contributed by atoms with Gasteiger partial charge in [-0.1, -0.05) is 12.1 Å². The number of hydrogen-bond donors (Lipinski definition) is 1. The van der Waals surface area contributed by atoms with E-state index in [4.69, 9.17) is 0 Å². The van der Waals surface area contributed by atoms with Crippen LogP contribution in [0.15, 0.2) is 24.3 Å². The Hall–Kier alpha value is -1.39. The van der Waals surface area contributed by atoms with Gasteiger partial charge in [0.2, 0.25) is 0 Å². The quantitative estimate of drug-likeness (QED) is 0.827. The Morgan fingerprint density at radius 3 is 2.26 bits per heavy atom. The SMILES string of the molecule is C[C@@H](C1CCN(C(=O)c2ccc(CCC(C)(C)O)cc2)CC1)N1CCCC1. The zero-order valence-electron chi connectivity index (χ0n) is 17.3. The number of amides is 1. The topological polar surface area (TPSA) is 43.8 Å². The van der Waals surface area contributed by atoms with Gasteiger partial charge in [-0.25, -0.2) is 0 Å². The summed E-state index contributed by atoms with van der Waals surface area (Å²) in [6, 6.07) is 8.60.